The van der Waals surface area contributed by atoms with Crippen LogP contribution in [0.25, 0.3) is 104 Å². The summed E-state index contributed by atoms with van der Waals surface area (Å²) in [5.41, 5.74) is 15.5. The maximum absolute atomic E-state index is 6.44. The summed E-state index contributed by atoms with van der Waals surface area (Å²) < 4.78 is 8.85. The highest BCUT2D eigenvalue weighted by Crippen LogP contribution is 2.42. The normalized spacial score (nSPS) is 11.7. The predicted molar refractivity (Wildman–Crippen MR) is 274 cm³/mol. The minimum atomic E-state index is 0.907. The Morgan fingerprint density at radius 3 is 1.65 bits per heavy atom. The molecular formula is C62H40N2O. The molecule has 0 unspecified atom stereocenters. The number of anilines is 3. The fourth-order valence-corrected chi connectivity index (χ4v) is 10.1. The van der Waals surface area contributed by atoms with Gasteiger partial charge in [-0.1, -0.05) is 176 Å². The number of para-hydroxylation sites is 5. The summed E-state index contributed by atoms with van der Waals surface area (Å²) in [5, 5.41) is 9.74. The zero-order valence-corrected chi connectivity index (χ0v) is 35.4. The summed E-state index contributed by atoms with van der Waals surface area (Å²) in [6.45, 7) is 0. The molecule has 2 heterocycles. The van der Waals surface area contributed by atoms with Crippen molar-refractivity contribution in [2.75, 3.05) is 4.90 Å². The summed E-state index contributed by atoms with van der Waals surface area (Å²) in [7, 11) is 0. The lowest BCUT2D eigenvalue weighted by Crippen LogP contribution is -2.10. The molecule has 13 aromatic rings. The molecule has 2 aromatic heterocycles. The van der Waals surface area contributed by atoms with E-state index >= 15 is 0 Å². The number of furan rings is 1. The average Bonchev–Trinajstić information content (AvgIpc) is 3.93. The Hall–Kier alpha value is -8.66. The Balaban J connectivity index is 0.903. The number of fused-ring (bicyclic) bond motifs is 9. The van der Waals surface area contributed by atoms with Crippen LogP contribution in [0.15, 0.2) is 247 Å². The van der Waals surface area contributed by atoms with Gasteiger partial charge in [-0.15, -0.1) is 0 Å². The number of aromatic nitrogens is 1. The van der Waals surface area contributed by atoms with Crippen LogP contribution in [-0.4, -0.2) is 4.57 Å². The smallest absolute Gasteiger partial charge is 0.143 e. The van der Waals surface area contributed by atoms with Gasteiger partial charge in [-0.2, -0.15) is 0 Å². The number of benzene rings is 11. The van der Waals surface area contributed by atoms with E-state index in [2.05, 4.69) is 240 Å². The van der Waals surface area contributed by atoms with Crippen molar-refractivity contribution in [3.63, 3.8) is 0 Å². The van der Waals surface area contributed by atoms with Crippen molar-refractivity contribution in [3.05, 3.63) is 243 Å². The van der Waals surface area contributed by atoms with Gasteiger partial charge in [0.15, 0.2) is 0 Å². The van der Waals surface area contributed by atoms with Crippen molar-refractivity contribution in [2.24, 2.45) is 0 Å². The summed E-state index contributed by atoms with van der Waals surface area (Å²) in [6.07, 6.45) is 0. The van der Waals surface area contributed by atoms with Crippen LogP contribution in [0, 0.1) is 0 Å². The lowest BCUT2D eigenvalue weighted by molar-refractivity contribution is 0.670. The molecule has 0 saturated heterocycles. The van der Waals surface area contributed by atoms with E-state index in [-0.39, 0.29) is 0 Å². The van der Waals surface area contributed by atoms with E-state index in [4.69, 9.17) is 4.42 Å². The second-order valence-electron chi connectivity index (χ2n) is 16.9. The van der Waals surface area contributed by atoms with Gasteiger partial charge in [-0.25, -0.2) is 0 Å². The molecule has 13 rings (SSSR count). The van der Waals surface area contributed by atoms with Gasteiger partial charge in [0.05, 0.1) is 16.7 Å². The van der Waals surface area contributed by atoms with E-state index in [1.54, 1.807) is 0 Å². The van der Waals surface area contributed by atoms with Crippen LogP contribution in [0.5, 0.6) is 0 Å². The van der Waals surface area contributed by atoms with Crippen LogP contribution in [0.2, 0.25) is 0 Å². The van der Waals surface area contributed by atoms with Crippen LogP contribution < -0.4 is 4.90 Å². The van der Waals surface area contributed by atoms with Gasteiger partial charge in [0.2, 0.25) is 0 Å². The van der Waals surface area contributed by atoms with E-state index in [0.717, 1.165) is 72.5 Å². The molecule has 0 spiro atoms. The Kier molecular flexibility index (Phi) is 8.53. The molecule has 0 radical (unpaired) electrons. The first-order chi connectivity index (χ1) is 32.2. The van der Waals surface area contributed by atoms with Crippen molar-refractivity contribution >= 4 is 82.4 Å². The molecule has 0 fully saturated rings. The molecule has 0 atom stereocenters. The summed E-state index contributed by atoms with van der Waals surface area (Å²) >= 11 is 0. The monoisotopic (exact) mass is 828 g/mol. The first-order valence-electron chi connectivity index (χ1n) is 22.2. The Morgan fingerprint density at radius 1 is 0.308 bits per heavy atom. The molecule has 0 saturated carbocycles. The van der Waals surface area contributed by atoms with Gasteiger partial charge in [-0.3, -0.25) is 0 Å². The first-order valence-corrected chi connectivity index (χ1v) is 22.2. The molecule has 0 amide bonds. The lowest BCUT2D eigenvalue weighted by atomic mass is 9.97. The number of rotatable bonds is 7. The molecule has 0 aliphatic rings. The lowest BCUT2D eigenvalue weighted by Gasteiger charge is -2.26. The van der Waals surface area contributed by atoms with E-state index in [1.807, 2.05) is 12.1 Å². The van der Waals surface area contributed by atoms with Crippen molar-refractivity contribution in [1.29, 1.82) is 0 Å². The highest BCUT2D eigenvalue weighted by Gasteiger charge is 2.18. The number of hydrogen-bond donors (Lipinski definition) is 0. The zero-order valence-electron chi connectivity index (χ0n) is 35.4. The fourth-order valence-electron chi connectivity index (χ4n) is 10.1. The second kappa shape index (κ2) is 15.0. The number of nitrogens with zero attached hydrogens (tertiary/aromatic N) is 2. The molecule has 11 aromatic carbocycles. The molecule has 0 N–H and O–H groups in total. The van der Waals surface area contributed by atoms with E-state index in [0.29, 0.717) is 0 Å². The highest BCUT2D eigenvalue weighted by molar-refractivity contribution is 6.11. The maximum atomic E-state index is 6.44. The molecule has 65 heavy (non-hydrogen) atoms. The van der Waals surface area contributed by atoms with E-state index < -0.39 is 0 Å². The summed E-state index contributed by atoms with van der Waals surface area (Å²) in [5.74, 6) is 0. The Labute approximate surface area is 376 Å². The molecule has 3 heteroatoms. The summed E-state index contributed by atoms with van der Waals surface area (Å²) in [6, 6.07) is 87.7. The van der Waals surface area contributed by atoms with Crippen LogP contribution >= 0.6 is 0 Å². The zero-order chi connectivity index (χ0) is 42.8. The van der Waals surface area contributed by atoms with Gasteiger partial charge < -0.3 is 13.9 Å². The summed E-state index contributed by atoms with van der Waals surface area (Å²) in [4.78, 5) is 2.37. The third kappa shape index (κ3) is 6.12. The molecule has 0 aliphatic carbocycles. The van der Waals surface area contributed by atoms with Crippen molar-refractivity contribution in [1.82, 2.24) is 4.57 Å². The highest BCUT2D eigenvalue weighted by atomic mass is 16.3. The average molecular weight is 829 g/mol. The fraction of sp³-hybridized carbons (Fsp3) is 0. The van der Waals surface area contributed by atoms with Gasteiger partial charge in [0.1, 0.15) is 11.2 Å². The molecule has 0 bridgehead atoms. The third-order valence-electron chi connectivity index (χ3n) is 13.2. The van der Waals surface area contributed by atoms with Crippen LogP contribution in [0.1, 0.15) is 0 Å². The first kappa shape index (κ1) is 36.9. The van der Waals surface area contributed by atoms with Gasteiger partial charge >= 0.3 is 0 Å². The Morgan fingerprint density at radius 2 is 0.862 bits per heavy atom. The van der Waals surface area contributed by atoms with Gasteiger partial charge in [0, 0.05) is 49.7 Å². The van der Waals surface area contributed by atoms with Crippen molar-refractivity contribution in [2.45, 2.75) is 0 Å². The topological polar surface area (TPSA) is 21.3 Å². The minimum absolute atomic E-state index is 0.907. The predicted octanol–water partition coefficient (Wildman–Crippen LogP) is 17.5. The third-order valence-corrected chi connectivity index (χ3v) is 13.2. The van der Waals surface area contributed by atoms with Crippen molar-refractivity contribution in [3.8, 4) is 39.1 Å². The van der Waals surface area contributed by atoms with Crippen molar-refractivity contribution < 1.29 is 4.42 Å². The maximum Gasteiger partial charge on any atom is 0.143 e. The van der Waals surface area contributed by atoms with Crippen LogP contribution in [-0.2, 0) is 0 Å². The second-order valence-corrected chi connectivity index (χ2v) is 16.9. The molecule has 3 nitrogen and oxygen atoms in total. The molecular weight excluding hydrogens is 789 g/mol. The largest absolute Gasteiger partial charge is 0.455 e. The van der Waals surface area contributed by atoms with E-state index in [9.17, 15) is 0 Å². The minimum Gasteiger partial charge on any atom is -0.455 e. The quantitative estimate of drug-likeness (QED) is 0.149. The molecule has 304 valence electrons. The Bertz CT molecular complexity index is 3900. The SMILES string of the molecule is c1cc(-c2ccc(N(c3ccc(-c4ccccc4-n4c5ccccc5c5ccccc54)cc3)c3ccc4c(ccc5ccccc54)c3)cc2)cc(-c2cccc3c2oc2ccccc23)c1. The van der Waals surface area contributed by atoms with Crippen LogP contribution in [0.4, 0.5) is 17.1 Å². The van der Waals surface area contributed by atoms with Crippen LogP contribution in [0.3, 0.4) is 0 Å². The van der Waals surface area contributed by atoms with Gasteiger partial charge in [-0.05, 0) is 111 Å². The van der Waals surface area contributed by atoms with E-state index in [1.165, 1.54) is 48.9 Å². The van der Waals surface area contributed by atoms with Gasteiger partial charge in [0.25, 0.3) is 0 Å². The number of hydrogen-bond acceptors (Lipinski definition) is 2. The standard InChI is InChI=1S/C62H40N2O/c1-2-16-50-42(13-1)27-28-46-40-49(37-38-51(46)50)63(47-33-29-41(30-34-47)44-14-11-15-45(39-44)53-21-12-22-57-56-20-6-10-26-61(56)65-62(53)57)48-35-31-43(32-36-48)52-17-3-7-23-58(52)64-59-24-8-4-18-54(59)55-19-5-9-25-60(55)64/h1-40H. The molecule has 0 aliphatic heterocycles.